The third kappa shape index (κ3) is 5.64. The summed E-state index contributed by atoms with van der Waals surface area (Å²) in [7, 11) is 2.92. The van der Waals surface area contributed by atoms with Gasteiger partial charge in [0.15, 0.2) is 11.5 Å². The van der Waals surface area contributed by atoms with Gasteiger partial charge >= 0.3 is 6.09 Å². The molecule has 9 heteroatoms. The minimum Gasteiger partial charge on any atom is -0.493 e. The molecule has 166 valence electrons. The number of aliphatic hydroxyl groups excluding tert-OH is 1. The molecule has 0 bridgehead atoms. The van der Waals surface area contributed by atoms with Crippen LogP contribution in [0.25, 0.3) is 0 Å². The first kappa shape index (κ1) is 23.5. The number of benzene rings is 1. The van der Waals surface area contributed by atoms with Gasteiger partial charge in [-0.1, -0.05) is 12.7 Å². The molecule has 0 aliphatic carbocycles. The van der Waals surface area contributed by atoms with Crippen LogP contribution < -0.4 is 14.8 Å². The van der Waals surface area contributed by atoms with Crippen molar-refractivity contribution in [1.29, 1.82) is 0 Å². The number of nitrogens with zero attached hydrogens (tertiary/aromatic N) is 1. The average molecular weight is 422 g/mol. The number of ether oxygens (including phenoxy) is 4. The molecule has 0 saturated carbocycles. The molecule has 1 fully saturated rings. The summed E-state index contributed by atoms with van der Waals surface area (Å²) in [5, 5.41) is 12.4. The van der Waals surface area contributed by atoms with Crippen LogP contribution in [0.1, 0.15) is 30.1 Å². The Kier molecular flexibility index (Phi) is 8.94. The Labute approximate surface area is 176 Å². The summed E-state index contributed by atoms with van der Waals surface area (Å²) in [6.07, 6.45) is 1.90. The van der Waals surface area contributed by atoms with Gasteiger partial charge in [0.25, 0.3) is 5.91 Å². The van der Waals surface area contributed by atoms with Gasteiger partial charge in [0.1, 0.15) is 6.61 Å². The van der Waals surface area contributed by atoms with Gasteiger partial charge in [-0.15, -0.1) is 0 Å². The summed E-state index contributed by atoms with van der Waals surface area (Å²) >= 11 is 0. The third-order valence-corrected chi connectivity index (χ3v) is 4.86. The van der Waals surface area contributed by atoms with Gasteiger partial charge in [-0.05, 0) is 25.8 Å². The quantitative estimate of drug-likeness (QED) is 0.589. The van der Waals surface area contributed by atoms with Crippen LogP contribution in [0.3, 0.4) is 0 Å². The second-order valence-corrected chi connectivity index (χ2v) is 6.70. The van der Waals surface area contributed by atoms with Crippen molar-refractivity contribution in [2.24, 2.45) is 0 Å². The zero-order valence-electron chi connectivity index (χ0n) is 17.7. The van der Waals surface area contributed by atoms with E-state index in [0.29, 0.717) is 37.5 Å². The largest absolute Gasteiger partial charge is 0.493 e. The predicted molar refractivity (Wildman–Crippen MR) is 111 cm³/mol. The lowest BCUT2D eigenvalue weighted by Crippen LogP contribution is -2.50. The Morgan fingerprint density at radius 1 is 1.30 bits per heavy atom. The molecule has 9 nitrogen and oxygen atoms in total. The first-order valence-electron chi connectivity index (χ1n) is 9.83. The molecule has 0 unspecified atom stereocenters. The number of rotatable bonds is 9. The van der Waals surface area contributed by atoms with E-state index in [0.717, 1.165) is 0 Å². The lowest BCUT2D eigenvalue weighted by molar-refractivity contribution is -0.0173. The maximum atomic E-state index is 13.4. The Morgan fingerprint density at radius 3 is 2.60 bits per heavy atom. The number of amides is 2. The molecule has 30 heavy (non-hydrogen) atoms. The number of nitrogens with one attached hydrogen (secondary N) is 1. The highest BCUT2D eigenvalue weighted by Crippen LogP contribution is 2.35. The van der Waals surface area contributed by atoms with Crippen LogP contribution in [0.5, 0.6) is 11.5 Å². The van der Waals surface area contributed by atoms with E-state index in [4.69, 9.17) is 18.9 Å². The molecular formula is C21H30N2O7. The number of piperidine rings is 1. The van der Waals surface area contributed by atoms with Gasteiger partial charge in [-0.25, -0.2) is 4.79 Å². The van der Waals surface area contributed by atoms with Crippen molar-refractivity contribution in [2.75, 3.05) is 45.9 Å². The van der Waals surface area contributed by atoms with Crippen LogP contribution in [-0.4, -0.2) is 74.7 Å². The van der Waals surface area contributed by atoms with E-state index in [1.165, 1.54) is 32.4 Å². The van der Waals surface area contributed by atoms with Crippen molar-refractivity contribution in [3.05, 3.63) is 30.4 Å². The normalized spacial score (nSPS) is 18.5. The summed E-state index contributed by atoms with van der Waals surface area (Å²) < 4.78 is 21.2. The van der Waals surface area contributed by atoms with Crippen molar-refractivity contribution in [3.8, 4) is 11.5 Å². The minimum atomic E-state index is -0.732. The van der Waals surface area contributed by atoms with E-state index in [1.807, 2.05) is 6.92 Å². The standard InChI is InChI=1S/C21H30N2O7/c1-5-9-30-21(26)22-17-12-19(28-4)18(27-3)11-16(17)20(25)23-8-7-15(29-6-2)10-14(23)13-24/h5,11-12,14-15,24H,1,6-10,13H2,2-4H3,(H,22,26)/t14-,15+/m0/s1. The SMILES string of the molecule is C=CCOC(=O)Nc1cc(OC)c(OC)cc1C(=O)N1CC[C@@H](OCC)C[C@H]1CO. The van der Waals surface area contributed by atoms with Crippen molar-refractivity contribution in [3.63, 3.8) is 0 Å². The molecule has 1 heterocycles. The topological polar surface area (TPSA) is 107 Å². The molecule has 2 N–H and O–H groups in total. The zero-order chi connectivity index (χ0) is 22.1. The third-order valence-electron chi connectivity index (χ3n) is 4.86. The number of hydrogen-bond donors (Lipinski definition) is 2. The van der Waals surface area contributed by atoms with E-state index in [9.17, 15) is 14.7 Å². The highest BCUT2D eigenvalue weighted by atomic mass is 16.5. The van der Waals surface area contributed by atoms with Crippen molar-refractivity contribution in [2.45, 2.75) is 31.9 Å². The van der Waals surface area contributed by atoms with Crippen molar-refractivity contribution in [1.82, 2.24) is 4.90 Å². The second-order valence-electron chi connectivity index (χ2n) is 6.70. The first-order valence-corrected chi connectivity index (χ1v) is 9.83. The Bertz CT molecular complexity index is 753. The summed E-state index contributed by atoms with van der Waals surface area (Å²) in [5.41, 5.74) is 0.423. The first-order chi connectivity index (χ1) is 14.5. The highest BCUT2D eigenvalue weighted by molar-refractivity contribution is 6.03. The van der Waals surface area contributed by atoms with Crippen LogP contribution in [0.2, 0.25) is 0 Å². The number of carbonyl (C=O) groups excluding carboxylic acids is 2. The van der Waals surface area contributed by atoms with E-state index < -0.39 is 12.1 Å². The number of carbonyl (C=O) groups is 2. The smallest absolute Gasteiger partial charge is 0.411 e. The van der Waals surface area contributed by atoms with Crippen molar-refractivity contribution >= 4 is 17.7 Å². The van der Waals surface area contributed by atoms with Gasteiger partial charge in [0, 0.05) is 19.2 Å². The number of methoxy groups -OCH3 is 2. The molecule has 2 rings (SSSR count). The molecule has 1 aromatic rings. The summed E-state index contributed by atoms with van der Waals surface area (Å²) in [4.78, 5) is 27.1. The minimum absolute atomic E-state index is 0.00641. The fourth-order valence-electron chi connectivity index (χ4n) is 3.44. The van der Waals surface area contributed by atoms with E-state index in [1.54, 1.807) is 4.90 Å². The Morgan fingerprint density at radius 2 is 2.00 bits per heavy atom. The number of anilines is 1. The summed E-state index contributed by atoms with van der Waals surface area (Å²) in [6.45, 7) is 6.25. The lowest BCUT2D eigenvalue weighted by atomic mass is 9.98. The Balaban J connectivity index is 2.35. The number of likely N-dealkylation sites (tertiary alicyclic amines) is 1. The Hall–Kier alpha value is -2.78. The maximum Gasteiger partial charge on any atom is 0.411 e. The molecule has 2 amide bonds. The lowest BCUT2D eigenvalue weighted by Gasteiger charge is -2.38. The molecule has 0 radical (unpaired) electrons. The molecule has 0 aromatic heterocycles. The van der Waals surface area contributed by atoms with Crippen LogP contribution in [-0.2, 0) is 9.47 Å². The molecule has 1 aliphatic rings. The monoisotopic (exact) mass is 422 g/mol. The van der Waals surface area contributed by atoms with Gasteiger partial charge in [-0.3, -0.25) is 10.1 Å². The number of aliphatic hydroxyl groups is 1. The van der Waals surface area contributed by atoms with Crippen LogP contribution in [0.15, 0.2) is 24.8 Å². The number of hydrogen-bond acceptors (Lipinski definition) is 7. The molecule has 0 spiro atoms. The van der Waals surface area contributed by atoms with Crippen molar-refractivity contribution < 1.29 is 33.6 Å². The van der Waals surface area contributed by atoms with Gasteiger partial charge in [-0.2, -0.15) is 0 Å². The fourth-order valence-corrected chi connectivity index (χ4v) is 3.44. The summed E-state index contributed by atoms with van der Waals surface area (Å²) in [6, 6.07) is 2.62. The van der Waals surface area contributed by atoms with Gasteiger partial charge in [0.05, 0.1) is 44.2 Å². The summed E-state index contributed by atoms with van der Waals surface area (Å²) in [5.74, 6) is 0.349. The molecule has 1 aliphatic heterocycles. The second kappa shape index (κ2) is 11.4. The molecular weight excluding hydrogens is 392 g/mol. The van der Waals surface area contributed by atoms with Crippen LogP contribution >= 0.6 is 0 Å². The van der Waals surface area contributed by atoms with Crippen LogP contribution in [0, 0.1) is 0 Å². The molecule has 1 saturated heterocycles. The van der Waals surface area contributed by atoms with E-state index >= 15 is 0 Å². The van der Waals surface area contributed by atoms with E-state index in [2.05, 4.69) is 11.9 Å². The predicted octanol–water partition coefficient (Wildman–Crippen LogP) is 2.44. The van der Waals surface area contributed by atoms with Gasteiger partial charge < -0.3 is 29.0 Å². The van der Waals surface area contributed by atoms with Gasteiger partial charge in [0.2, 0.25) is 0 Å². The average Bonchev–Trinajstić information content (AvgIpc) is 2.76. The zero-order valence-corrected chi connectivity index (χ0v) is 17.7. The fraction of sp³-hybridized carbons (Fsp3) is 0.524. The highest BCUT2D eigenvalue weighted by Gasteiger charge is 2.33. The van der Waals surface area contributed by atoms with E-state index in [-0.39, 0.29) is 36.5 Å². The molecule has 1 aromatic carbocycles. The van der Waals surface area contributed by atoms with Crippen LogP contribution in [0.4, 0.5) is 10.5 Å². The maximum absolute atomic E-state index is 13.4. The molecule has 2 atom stereocenters.